The van der Waals surface area contributed by atoms with E-state index in [4.69, 9.17) is 0 Å². The van der Waals surface area contributed by atoms with E-state index in [1.165, 1.54) is 19.1 Å². The predicted octanol–water partition coefficient (Wildman–Crippen LogP) is 2.43. The molecular formula is C16H18N2O3S. The van der Waals surface area contributed by atoms with Gasteiger partial charge in [0.15, 0.2) is 0 Å². The molecule has 6 heteroatoms. The average Bonchev–Trinajstić information content (AvgIpc) is 2.46. The summed E-state index contributed by atoms with van der Waals surface area (Å²) >= 11 is 0. The van der Waals surface area contributed by atoms with Crippen LogP contribution in [0.15, 0.2) is 53.4 Å². The van der Waals surface area contributed by atoms with E-state index in [1.807, 2.05) is 31.2 Å². The van der Waals surface area contributed by atoms with Crippen LogP contribution < -0.4 is 10.0 Å². The van der Waals surface area contributed by atoms with Gasteiger partial charge in [0.1, 0.15) is 0 Å². The van der Waals surface area contributed by atoms with Gasteiger partial charge in [0.05, 0.1) is 4.90 Å². The average molecular weight is 318 g/mol. The van der Waals surface area contributed by atoms with E-state index < -0.39 is 10.0 Å². The lowest BCUT2D eigenvalue weighted by Gasteiger charge is -2.09. The van der Waals surface area contributed by atoms with Crippen molar-refractivity contribution in [1.29, 1.82) is 0 Å². The second-order valence-corrected chi connectivity index (χ2v) is 6.72. The Labute approximate surface area is 130 Å². The van der Waals surface area contributed by atoms with Crippen LogP contribution in [0.4, 0.5) is 5.69 Å². The van der Waals surface area contributed by atoms with Gasteiger partial charge in [-0.3, -0.25) is 4.79 Å². The molecule has 0 heterocycles. The Morgan fingerprint density at radius 3 is 2.27 bits per heavy atom. The first-order valence-electron chi connectivity index (χ1n) is 6.80. The van der Waals surface area contributed by atoms with Crippen LogP contribution in [0.25, 0.3) is 0 Å². The second-order valence-electron chi connectivity index (χ2n) is 4.96. The highest BCUT2D eigenvalue weighted by molar-refractivity contribution is 7.89. The molecule has 1 amide bonds. The van der Waals surface area contributed by atoms with Crippen molar-refractivity contribution in [2.75, 3.05) is 5.32 Å². The maximum absolute atomic E-state index is 12.3. The minimum atomic E-state index is -3.58. The van der Waals surface area contributed by atoms with Gasteiger partial charge in [0.2, 0.25) is 15.9 Å². The highest BCUT2D eigenvalue weighted by atomic mass is 32.2. The number of hydrogen-bond donors (Lipinski definition) is 2. The van der Waals surface area contributed by atoms with Gasteiger partial charge in [0, 0.05) is 19.2 Å². The molecule has 0 aromatic heterocycles. The first-order chi connectivity index (χ1) is 10.4. The Bertz CT molecular complexity index is 768. The lowest BCUT2D eigenvalue weighted by molar-refractivity contribution is -0.114. The van der Waals surface area contributed by atoms with Crippen molar-refractivity contribution in [3.8, 4) is 0 Å². The number of sulfonamides is 1. The number of anilines is 1. The van der Waals surface area contributed by atoms with Crippen LogP contribution in [0.3, 0.4) is 0 Å². The maximum Gasteiger partial charge on any atom is 0.240 e. The zero-order chi connectivity index (χ0) is 16.2. The summed E-state index contributed by atoms with van der Waals surface area (Å²) in [5.74, 6) is -0.201. The molecule has 2 aromatic carbocycles. The zero-order valence-corrected chi connectivity index (χ0v) is 13.3. The van der Waals surface area contributed by atoms with Crippen LogP contribution in [0, 0.1) is 6.92 Å². The monoisotopic (exact) mass is 318 g/mol. The fourth-order valence-corrected chi connectivity index (χ4v) is 2.99. The third-order valence-electron chi connectivity index (χ3n) is 3.20. The summed E-state index contributed by atoms with van der Waals surface area (Å²) in [5, 5.41) is 2.59. The first-order valence-corrected chi connectivity index (χ1v) is 8.28. The van der Waals surface area contributed by atoms with Crippen LogP contribution in [0.2, 0.25) is 0 Å². The molecule has 5 nitrogen and oxygen atoms in total. The van der Waals surface area contributed by atoms with Gasteiger partial charge in [-0.1, -0.05) is 24.3 Å². The molecule has 2 N–H and O–H groups in total. The van der Waals surface area contributed by atoms with Gasteiger partial charge in [-0.25, -0.2) is 13.1 Å². The van der Waals surface area contributed by atoms with Crippen LogP contribution in [-0.4, -0.2) is 14.3 Å². The fourth-order valence-electron chi connectivity index (χ4n) is 1.99. The smallest absolute Gasteiger partial charge is 0.240 e. The summed E-state index contributed by atoms with van der Waals surface area (Å²) in [7, 11) is -3.58. The molecule has 0 radical (unpaired) electrons. The molecular weight excluding hydrogens is 300 g/mol. The lowest BCUT2D eigenvalue weighted by Crippen LogP contribution is -2.23. The first kappa shape index (κ1) is 16.2. The molecule has 116 valence electrons. The normalized spacial score (nSPS) is 11.2. The van der Waals surface area contributed by atoms with Crippen molar-refractivity contribution >= 4 is 21.6 Å². The molecule has 0 spiro atoms. The Kier molecular flexibility index (Phi) is 4.95. The third-order valence-corrected chi connectivity index (χ3v) is 4.62. The van der Waals surface area contributed by atoms with E-state index in [0.29, 0.717) is 5.69 Å². The molecule has 0 saturated heterocycles. The van der Waals surface area contributed by atoms with Crippen LogP contribution in [0.1, 0.15) is 18.1 Å². The summed E-state index contributed by atoms with van der Waals surface area (Å²) in [5.41, 5.74) is 2.53. The van der Waals surface area contributed by atoms with Crippen molar-refractivity contribution in [3.05, 3.63) is 59.7 Å². The minimum absolute atomic E-state index is 0.162. The number of carbonyl (C=O) groups excluding carboxylic acids is 1. The molecule has 0 aliphatic carbocycles. The molecule has 0 saturated carbocycles. The van der Waals surface area contributed by atoms with Crippen molar-refractivity contribution in [2.45, 2.75) is 25.3 Å². The van der Waals surface area contributed by atoms with E-state index in [2.05, 4.69) is 10.0 Å². The number of benzene rings is 2. The van der Waals surface area contributed by atoms with Gasteiger partial charge in [0.25, 0.3) is 0 Å². The third kappa shape index (κ3) is 4.16. The molecule has 22 heavy (non-hydrogen) atoms. The van der Waals surface area contributed by atoms with Crippen molar-refractivity contribution in [2.24, 2.45) is 0 Å². The minimum Gasteiger partial charge on any atom is -0.326 e. The van der Waals surface area contributed by atoms with Gasteiger partial charge in [-0.05, 0) is 42.3 Å². The highest BCUT2D eigenvalue weighted by Gasteiger charge is 2.14. The number of aryl methyl sites for hydroxylation is 1. The number of carbonyl (C=O) groups is 1. The van der Waals surface area contributed by atoms with Gasteiger partial charge in [-0.2, -0.15) is 0 Å². The van der Waals surface area contributed by atoms with Crippen LogP contribution in [-0.2, 0) is 21.4 Å². The quantitative estimate of drug-likeness (QED) is 0.889. The van der Waals surface area contributed by atoms with Crippen molar-refractivity contribution in [3.63, 3.8) is 0 Å². The summed E-state index contributed by atoms with van der Waals surface area (Å²) in [6, 6.07) is 13.7. The maximum atomic E-state index is 12.3. The molecule has 0 aliphatic rings. The lowest BCUT2D eigenvalue weighted by atomic mass is 10.1. The number of amides is 1. The Morgan fingerprint density at radius 1 is 1.05 bits per heavy atom. The number of hydrogen-bond acceptors (Lipinski definition) is 3. The Hall–Kier alpha value is -2.18. The largest absolute Gasteiger partial charge is 0.326 e. The number of nitrogens with one attached hydrogen (secondary N) is 2. The van der Waals surface area contributed by atoms with Gasteiger partial charge >= 0.3 is 0 Å². The van der Waals surface area contributed by atoms with Crippen LogP contribution in [0.5, 0.6) is 0 Å². The SMILES string of the molecule is CC(=O)Nc1ccc(S(=O)(=O)NCc2ccccc2C)cc1. The molecule has 0 bridgehead atoms. The topological polar surface area (TPSA) is 75.3 Å². The van der Waals surface area contributed by atoms with E-state index >= 15 is 0 Å². The Balaban J connectivity index is 2.10. The highest BCUT2D eigenvalue weighted by Crippen LogP contribution is 2.15. The Morgan fingerprint density at radius 2 is 1.68 bits per heavy atom. The standard InChI is InChI=1S/C16H18N2O3S/c1-12-5-3-4-6-14(12)11-17-22(20,21)16-9-7-15(8-10-16)18-13(2)19/h3-10,17H,11H2,1-2H3,(H,18,19). The van der Waals surface area contributed by atoms with Crippen molar-refractivity contribution in [1.82, 2.24) is 4.72 Å². The predicted molar refractivity (Wildman–Crippen MR) is 86.0 cm³/mol. The second kappa shape index (κ2) is 6.72. The zero-order valence-electron chi connectivity index (χ0n) is 12.5. The van der Waals surface area contributed by atoms with Crippen molar-refractivity contribution < 1.29 is 13.2 Å². The summed E-state index contributed by atoms with van der Waals surface area (Å²) in [6.07, 6.45) is 0. The summed E-state index contributed by atoms with van der Waals surface area (Å²) in [4.78, 5) is 11.1. The van der Waals surface area contributed by atoms with Crippen LogP contribution >= 0.6 is 0 Å². The molecule has 0 aliphatic heterocycles. The molecule has 2 rings (SSSR count). The molecule has 0 fully saturated rings. The van der Waals surface area contributed by atoms with E-state index in [9.17, 15) is 13.2 Å². The molecule has 0 atom stereocenters. The fraction of sp³-hybridized carbons (Fsp3) is 0.188. The summed E-state index contributed by atoms with van der Waals surface area (Å²) < 4.78 is 27.1. The van der Waals surface area contributed by atoms with Gasteiger partial charge < -0.3 is 5.32 Å². The summed E-state index contributed by atoms with van der Waals surface area (Å²) in [6.45, 7) is 3.57. The molecule has 0 unspecified atom stereocenters. The van der Waals surface area contributed by atoms with E-state index in [0.717, 1.165) is 11.1 Å². The van der Waals surface area contributed by atoms with Gasteiger partial charge in [-0.15, -0.1) is 0 Å². The van der Waals surface area contributed by atoms with E-state index in [1.54, 1.807) is 12.1 Å². The number of rotatable bonds is 5. The molecule has 2 aromatic rings. The van der Waals surface area contributed by atoms with E-state index in [-0.39, 0.29) is 17.3 Å².